The van der Waals surface area contributed by atoms with Crippen molar-refractivity contribution in [2.45, 2.75) is 12.3 Å². The van der Waals surface area contributed by atoms with Gasteiger partial charge in [-0.1, -0.05) is 18.2 Å². The Balaban J connectivity index is 1.90. The Morgan fingerprint density at radius 2 is 2.00 bits per heavy atom. The highest BCUT2D eigenvalue weighted by atomic mass is 32.2. The first-order valence-corrected chi connectivity index (χ1v) is 7.50. The predicted octanol–water partition coefficient (Wildman–Crippen LogP) is 4.22. The maximum Gasteiger partial charge on any atom is 0.0494 e. The summed E-state index contributed by atoms with van der Waals surface area (Å²) in [7, 11) is 0. The highest BCUT2D eigenvalue weighted by molar-refractivity contribution is 7.97. The number of hydrogen-bond donors (Lipinski definition) is 1. The van der Waals surface area contributed by atoms with Gasteiger partial charge in [0, 0.05) is 22.9 Å². The van der Waals surface area contributed by atoms with Crippen LogP contribution in [0.3, 0.4) is 0 Å². The fraction of sp³-hybridized carbons (Fsp3) is 0.231. The van der Waals surface area contributed by atoms with Gasteiger partial charge in [-0.3, -0.25) is 0 Å². The van der Waals surface area contributed by atoms with Gasteiger partial charge >= 0.3 is 0 Å². The molecule has 0 unspecified atom stereocenters. The smallest absolute Gasteiger partial charge is 0.0494 e. The molecule has 0 atom stereocenters. The van der Waals surface area contributed by atoms with Crippen LogP contribution in [0.4, 0.5) is 5.69 Å². The zero-order valence-corrected chi connectivity index (χ0v) is 10.9. The number of thioether (sulfide) groups is 1. The summed E-state index contributed by atoms with van der Waals surface area (Å²) in [5, 5.41) is 5.53. The molecule has 0 bridgehead atoms. The summed E-state index contributed by atoms with van der Waals surface area (Å²) >= 11 is 3.64. The maximum absolute atomic E-state index is 3.42. The van der Waals surface area contributed by atoms with Crippen LogP contribution in [0.25, 0.3) is 0 Å². The largest absolute Gasteiger partial charge is 0.380 e. The molecule has 84 valence electrons. The lowest BCUT2D eigenvalue weighted by Gasteiger charge is -2.05. The third-order valence-electron chi connectivity index (χ3n) is 2.31. The molecule has 2 aromatic rings. The van der Waals surface area contributed by atoms with E-state index in [1.807, 2.05) is 11.8 Å². The van der Waals surface area contributed by atoms with E-state index in [1.54, 1.807) is 11.3 Å². The highest BCUT2D eigenvalue weighted by Gasteiger charge is 1.95. The van der Waals surface area contributed by atoms with Gasteiger partial charge in [-0.05, 0) is 35.4 Å². The second-order valence-corrected chi connectivity index (χ2v) is 5.46. The van der Waals surface area contributed by atoms with E-state index < -0.39 is 0 Å². The van der Waals surface area contributed by atoms with Crippen LogP contribution in [0, 0.1) is 0 Å². The first kappa shape index (κ1) is 11.6. The van der Waals surface area contributed by atoms with E-state index in [0.717, 1.165) is 12.3 Å². The van der Waals surface area contributed by atoms with Crippen LogP contribution < -0.4 is 5.32 Å². The second kappa shape index (κ2) is 5.97. The van der Waals surface area contributed by atoms with Gasteiger partial charge in [-0.15, -0.1) is 11.3 Å². The zero-order chi connectivity index (χ0) is 11.2. The summed E-state index contributed by atoms with van der Waals surface area (Å²) in [6, 6.07) is 12.9. The molecule has 0 saturated heterocycles. The Bertz CT molecular complexity index is 406. The molecule has 1 N–H and O–H groups in total. The molecule has 1 nitrogen and oxygen atoms in total. The minimum atomic E-state index is 0.916. The molecular weight excluding hydrogens is 234 g/mol. The lowest BCUT2D eigenvalue weighted by atomic mass is 10.2. The zero-order valence-electron chi connectivity index (χ0n) is 9.27. The monoisotopic (exact) mass is 249 g/mol. The Labute approximate surface area is 105 Å². The number of benzene rings is 1. The maximum atomic E-state index is 3.42. The Kier molecular flexibility index (Phi) is 4.31. The molecule has 1 heterocycles. The van der Waals surface area contributed by atoms with Crippen LogP contribution in [-0.4, -0.2) is 6.26 Å². The van der Waals surface area contributed by atoms with Crippen molar-refractivity contribution >= 4 is 28.8 Å². The van der Waals surface area contributed by atoms with E-state index in [4.69, 9.17) is 0 Å². The van der Waals surface area contributed by atoms with Crippen molar-refractivity contribution in [3.63, 3.8) is 0 Å². The Morgan fingerprint density at radius 3 is 2.62 bits per heavy atom. The van der Waals surface area contributed by atoms with Crippen LogP contribution in [0.15, 0.2) is 41.8 Å². The fourth-order valence-corrected chi connectivity index (χ4v) is 2.66. The average Bonchev–Trinajstić information content (AvgIpc) is 2.82. The van der Waals surface area contributed by atoms with Crippen LogP contribution in [0.2, 0.25) is 0 Å². The van der Waals surface area contributed by atoms with Crippen molar-refractivity contribution in [2.75, 3.05) is 11.6 Å². The number of thiophene rings is 1. The average molecular weight is 249 g/mol. The molecule has 0 saturated carbocycles. The summed E-state index contributed by atoms with van der Waals surface area (Å²) in [5.74, 6) is 1.09. The summed E-state index contributed by atoms with van der Waals surface area (Å²) in [4.78, 5) is 1.37. The van der Waals surface area contributed by atoms with Gasteiger partial charge in [-0.25, -0.2) is 0 Å². The van der Waals surface area contributed by atoms with E-state index in [9.17, 15) is 0 Å². The van der Waals surface area contributed by atoms with Crippen LogP contribution >= 0.6 is 23.1 Å². The van der Waals surface area contributed by atoms with Crippen molar-refractivity contribution in [2.24, 2.45) is 0 Å². The normalized spacial score (nSPS) is 10.3. The van der Waals surface area contributed by atoms with Crippen molar-refractivity contribution in [1.29, 1.82) is 0 Å². The third kappa shape index (κ3) is 3.29. The van der Waals surface area contributed by atoms with Gasteiger partial charge in [0.1, 0.15) is 0 Å². The van der Waals surface area contributed by atoms with Gasteiger partial charge < -0.3 is 5.32 Å². The summed E-state index contributed by atoms with van der Waals surface area (Å²) < 4.78 is 0. The molecule has 1 aromatic carbocycles. The van der Waals surface area contributed by atoms with Gasteiger partial charge in [0.25, 0.3) is 0 Å². The van der Waals surface area contributed by atoms with E-state index in [1.165, 1.54) is 16.1 Å². The van der Waals surface area contributed by atoms with Gasteiger partial charge in [0.15, 0.2) is 0 Å². The number of rotatable bonds is 5. The molecule has 0 aliphatic carbocycles. The molecule has 0 radical (unpaired) electrons. The minimum absolute atomic E-state index is 0.916. The van der Waals surface area contributed by atoms with Gasteiger partial charge in [-0.2, -0.15) is 11.8 Å². The van der Waals surface area contributed by atoms with Crippen molar-refractivity contribution in [1.82, 2.24) is 0 Å². The summed E-state index contributed by atoms with van der Waals surface area (Å²) in [5.41, 5.74) is 2.58. The fourth-order valence-electron chi connectivity index (χ4n) is 1.49. The quantitative estimate of drug-likeness (QED) is 0.851. The lowest BCUT2D eigenvalue weighted by Crippen LogP contribution is -1.97. The summed E-state index contributed by atoms with van der Waals surface area (Å²) in [6.45, 7) is 0.916. The van der Waals surface area contributed by atoms with Crippen LogP contribution in [0.1, 0.15) is 10.4 Å². The third-order valence-corrected chi connectivity index (χ3v) is 3.81. The molecule has 0 amide bonds. The molecule has 0 spiro atoms. The molecule has 16 heavy (non-hydrogen) atoms. The Hall–Kier alpha value is -0.930. The van der Waals surface area contributed by atoms with Crippen LogP contribution in [-0.2, 0) is 12.3 Å². The molecule has 0 fully saturated rings. The molecule has 1 aromatic heterocycles. The van der Waals surface area contributed by atoms with Crippen LogP contribution in [0.5, 0.6) is 0 Å². The molecular formula is C13H15NS2. The standard InChI is InChI=1S/C13H15NS2/c1-15-10-11-4-6-12(7-5-11)14-9-13-3-2-8-16-13/h2-8,14H,9-10H2,1H3. The number of anilines is 1. The van der Waals surface area contributed by atoms with Gasteiger partial charge in [0.05, 0.1) is 0 Å². The van der Waals surface area contributed by atoms with E-state index >= 15 is 0 Å². The lowest BCUT2D eigenvalue weighted by molar-refractivity contribution is 1.19. The van der Waals surface area contributed by atoms with Crippen molar-refractivity contribution in [3.8, 4) is 0 Å². The Morgan fingerprint density at radius 1 is 1.19 bits per heavy atom. The second-order valence-electron chi connectivity index (χ2n) is 3.56. The molecule has 0 aliphatic rings. The molecule has 0 aliphatic heterocycles. The minimum Gasteiger partial charge on any atom is -0.380 e. The predicted molar refractivity (Wildman–Crippen MR) is 75.3 cm³/mol. The van der Waals surface area contributed by atoms with E-state index in [-0.39, 0.29) is 0 Å². The van der Waals surface area contributed by atoms with E-state index in [0.29, 0.717) is 0 Å². The topological polar surface area (TPSA) is 12.0 Å². The number of nitrogens with one attached hydrogen (secondary N) is 1. The molecule has 3 heteroatoms. The van der Waals surface area contributed by atoms with Crippen molar-refractivity contribution < 1.29 is 0 Å². The van der Waals surface area contributed by atoms with Gasteiger partial charge in [0.2, 0.25) is 0 Å². The first-order valence-electron chi connectivity index (χ1n) is 5.22. The first-order chi connectivity index (χ1) is 7.88. The SMILES string of the molecule is CSCc1ccc(NCc2cccs2)cc1. The summed E-state index contributed by atoms with van der Waals surface area (Å²) in [6.07, 6.45) is 2.13. The highest BCUT2D eigenvalue weighted by Crippen LogP contribution is 2.15. The van der Waals surface area contributed by atoms with E-state index in [2.05, 4.69) is 53.4 Å². The molecule has 2 rings (SSSR count). The number of hydrogen-bond acceptors (Lipinski definition) is 3. The van der Waals surface area contributed by atoms with Crippen molar-refractivity contribution in [3.05, 3.63) is 52.2 Å².